The first-order valence-electron chi connectivity index (χ1n) is 4.91. The van der Waals surface area contributed by atoms with E-state index in [4.69, 9.17) is 4.74 Å². The van der Waals surface area contributed by atoms with Crippen LogP contribution in [0, 0.1) is 10.8 Å². The molecule has 15 heavy (non-hydrogen) atoms. The fourth-order valence-electron chi connectivity index (χ4n) is 2.11. The maximum atomic E-state index is 11.7. The molecule has 1 aliphatic carbocycles. The van der Waals surface area contributed by atoms with Crippen molar-refractivity contribution in [1.82, 2.24) is 0 Å². The molecule has 0 aliphatic heterocycles. The van der Waals surface area contributed by atoms with Crippen molar-refractivity contribution in [3.05, 3.63) is 11.6 Å². The minimum Gasteiger partial charge on any atom is -0.468 e. The Hall–Kier alpha value is -0.870. The Morgan fingerprint density at radius 1 is 1.53 bits per heavy atom. The van der Waals surface area contributed by atoms with Gasteiger partial charge in [-0.25, -0.2) is 0 Å². The molecule has 0 heterocycles. The van der Waals surface area contributed by atoms with Crippen LogP contribution in [0.5, 0.6) is 0 Å². The van der Waals surface area contributed by atoms with Crippen molar-refractivity contribution in [3.63, 3.8) is 0 Å². The van der Waals surface area contributed by atoms with Crippen LogP contribution in [-0.2, 0) is 9.53 Å². The SMILES string of the molecule is COC(=O)[C@]1(C)[C@H](O)C=C(CO)C1(C)C. The van der Waals surface area contributed by atoms with Crippen LogP contribution in [0.2, 0.25) is 0 Å². The molecule has 0 fully saturated rings. The van der Waals surface area contributed by atoms with Crippen molar-refractivity contribution < 1.29 is 19.7 Å². The summed E-state index contributed by atoms with van der Waals surface area (Å²) in [5, 5.41) is 19.1. The van der Waals surface area contributed by atoms with Gasteiger partial charge in [-0.05, 0) is 12.5 Å². The van der Waals surface area contributed by atoms with Gasteiger partial charge in [0, 0.05) is 5.41 Å². The minimum atomic E-state index is -1.03. The molecule has 0 unspecified atom stereocenters. The molecule has 0 saturated carbocycles. The quantitative estimate of drug-likeness (QED) is 0.518. The molecule has 0 spiro atoms. The monoisotopic (exact) mass is 214 g/mol. The van der Waals surface area contributed by atoms with E-state index in [-0.39, 0.29) is 6.61 Å². The summed E-state index contributed by atoms with van der Waals surface area (Å²) in [7, 11) is 1.30. The molecule has 0 aromatic carbocycles. The summed E-state index contributed by atoms with van der Waals surface area (Å²) < 4.78 is 4.72. The van der Waals surface area contributed by atoms with E-state index >= 15 is 0 Å². The molecule has 0 aromatic heterocycles. The largest absolute Gasteiger partial charge is 0.468 e. The van der Waals surface area contributed by atoms with Crippen molar-refractivity contribution >= 4 is 5.97 Å². The Labute approximate surface area is 89.6 Å². The van der Waals surface area contributed by atoms with Crippen LogP contribution in [0.15, 0.2) is 11.6 Å². The highest BCUT2D eigenvalue weighted by molar-refractivity contribution is 5.80. The zero-order chi connectivity index (χ0) is 11.9. The molecule has 4 heteroatoms. The zero-order valence-electron chi connectivity index (χ0n) is 9.57. The van der Waals surface area contributed by atoms with E-state index in [1.165, 1.54) is 13.2 Å². The van der Waals surface area contributed by atoms with Crippen molar-refractivity contribution in [2.45, 2.75) is 26.9 Å². The molecular weight excluding hydrogens is 196 g/mol. The van der Waals surface area contributed by atoms with E-state index in [1.807, 2.05) is 13.8 Å². The summed E-state index contributed by atoms with van der Waals surface area (Å²) in [5.74, 6) is -0.459. The van der Waals surface area contributed by atoms with Gasteiger partial charge in [0.1, 0.15) is 5.41 Å². The summed E-state index contributed by atoms with van der Waals surface area (Å²) >= 11 is 0. The number of carbonyl (C=O) groups is 1. The molecule has 0 aromatic rings. The van der Waals surface area contributed by atoms with Gasteiger partial charge < -0.3 is 14.9 Å². The number of hydrogen-bond donors (Lipinski definition) is 2. The molecule has 1 aliphatic rings. The van der Waals surface area contributed by atoms with E-state index in [0.717, 1.165) is 0 Å². The van der Waals surface area contributed by atoms with Gasteiger partial charge in [0.25, 0.3) is 0 Å². The molecule has 2 N–H and O–H groups in total. The third-order valence-corrected chi connectivity index (χ3v) is 3.83. The smallest absolute Gasteiger partial charge is 0.315 e. The predicted octanol–water partition coefficient (Wildman–Crippen LogP) is 0.485. The number of methoxy groups -OCH3 is 1. The van der Waals surface area contributed by atoms with Crippen molar-refractivity contribution in [3.8, 4) is 0 Å². The van der Waals surface area contributed by atoms with Crippen LogP contribution in [-0.4, -0.2) is 36.0 Å². The van der Waals surface area contributed by atoms with E-state index < -0.39 is 22.9 Å². The van der Waals surface area contributed by atoms with Gasteiger partial charge in [-0.2, -0.15) is 0 Å². The topological polar surface area (TPSA) is 66.8 Å². The second-order valence-corrected chi connectivity index (χ2v) is 4.61. The van der Waals surface area contributed by atoms with Gasteiger partial charge >= 0.3 is 5.97 Å². The van der Waals surface area contributed by atoms with Crippen LogP contribution >= 0.6 is 0 Å². The Balaban J connectivity index is 3.19. The minimum absolute atomic E-state index is 0.156. The highest BCUT2D eigenvalue weighted by Crippen LogP contribution is 2.52. The van der Waals surface area contributed by atoms with Crippen molar-refractivity contribution in [1.29, 1.82) is 0 Å². The van der Waals surface area contributed by atoms with E-state index in [0.29, 0.717) is 5.57 Å². The summed E-state index contributed by atoms with van der Waals surface area (Å²) in [6.45, 7) is 5.14. The molecule has 0 amide bonds. The zero-order valence-corrected chi connectivity index (χ0v) is 9.57. The molecule has 86 valence electrons. The summed E-state index contributed by atoms with van der Waals surface area (Å²) in [6.07, 6.45) is 0.624. The Bertz CT molecular complexity index is 306. The average molecular weight is 214 g/mol. The van der Waals surface area contributed by atoms with Crippen molar-refractivity contribution in [2.75, 3.05) is 13.7 Å². The number of esters is 1. The molecular formula is C11H18O4. The van der Waals surface area contributed by atoms with Crippen molar-refractivity contribution in [2.24, 2.45) is 10.8 Å². The van der Waals surface area contributed by atoms with E-state index in [2.05, 4.69) is 0 Å². The maximum absolute atomic E-state index is 11.7. The number of carbonyl (C=O) groups excluding carboxylic acids is 1. The lowest BCUT2D eigenvalue weighted by atomic mass is 9.65. The fraction of sp³-hybridized carbons (Fsp3) is 0.727. The van der Waals surface area contributed by atoms with Gasteiger partial charge in [0.05, 0.1) is 19.8 Å². The Kier molecular flexibility index (Phi) is 2.94. The van der Waals surface area contributed by atoms with E-state index in [9.17, 15) is 15.0 Å². The summed E-state index contributed by atoms with van der Waals surface area (Å²) in [5.41, 5.74) is -0.962. The number of ether oxygens (including phenoxy) is 1. The highest BCUT2D eigenvalue weighted by Gasteiger charge is 2.58. The first kappa shape index (κ1) is 12.2. The molecule has 0 saturated heterocycles. The third kappa shape index (κ3) is 1.40. The van der Waals surface area contributed by atoms with Gasteiger partial charge in [-0.3, -0.25) is 4.79 Å². The second kappa shape index (κ2) is 3.61. The van der Waals surface area contributed by atoms with Gasteiger partial charge in [-0.15, -0.1) is 0 Å². The lowest BCUT2D eigenvalue weighted by Crippen LogP contribution is -2.47. The second-order valence-electron chi connectivity index (χ2n) is 4.61. The van der Waals surface area contributed by atoms with Crippen LogP contribution < -0.4 is 0 Å². The lowest BCUT2D eigenvalue weighted by molar-refractivity contribution is -0.163. The predicted molar refractivity (Wildman–Crippen MR) is 55.1 cm³/mol. The number of hydrogen-bond acceptors (Lipinski definition) is 4. The highest BCUT2D eigenvalue weighted by atomic mass is 16.5. The third-order valence-electron chi connectivity index (χ3n) is 3.83. The van der Waals surface area contributed by atoms with Crippen LogP contribution in [0.1, 0.15) is 20.8 Å². The fourth-order valence-corrected chi connectivity index (χ4v) is 2.11. The molecule has 1 rings (SSSR count). The molecule has 2 atom stereocenters. The summed E-state index contributed by atoms with van der Waals surface area (Å²) in [6, 6.07) is 0. The number of aliphatic hydroxyl groups excluding tert-OH is 2. The average Bonchev–Trinajstić information content (AvgIpc) is 2.38. The van der Waals surface area contributed by atoms with Gasteiger partial charge in [0.2, 0.25) is 0 Å². The molecule has 4 nitrogen and oxygen atoms in total. The van der Waals surface area contributed by atoms with Crippen LogP contribution in [0.3, 0.4) is 0 Å². The molecule has 0 bridgehead atoms. The van der Waals surface area contributed by atoms with Crippen LogP contribution in [0.4, 0.5) is 0 Å². The van der Waals surface area contributed by atoms with Gasteiger partial charge in [0.15, 0.2) is 0 Å². The molecule has 0 radical (unpaired) electrons. The van der Waals surface area contributed by atoms with Gasteiger partial charge in [-0.1, -0.05) is 19.9 Å². The van der Waals surface area contributed by atoms with Crippen LogP contribution in [0.25, 0.3) is 0 Å². The maximum Gasteiger partial charge on any atom is 0.315 e. The normalized spacial score (nSPS) is 33.7. The number of aliphatic hydroxyl groups is 2. The van der Waals surface area contributed by atoms with E-state index in [1.54, 1.807) is 6.92 Å². The number of rotatable bonds is 2. The standard InChI is InChI=1S/C11H18O4/c1-10(2)7(6-12)5-8(13)11(10,3)9(14)15-4/h5,8,12-13H,6H2,1-4H3/t8-,11+/m1/s1. The summed E-state index contributed by atoms with van der Waals surface area (Å²) in [4.78, 5) is 11.7. The Morgan fingerprint density at radius 3 is 2.40 bits per heavy atom. The Morgan fingerprint density at radius 2 is 2.07 bits per heavy atom. The first-order chi connectivity index (χ1) is 6.82. The lowest BCUT2D eigenvalue weighted by Gasteiger charge is -2.39. The first-order valence-corrected chi connectivity index (χ1v) is 4.91.